The third-order valence-electron chi connectivity index (χ3n) is 4.64. The van der Waals surface area contributed by atoms with Gasteiger partial charge < -0.3 is 10.2 Å². The molecule has 1 fully saturated rings. The Labute approximate surface area is 142 Å². The first-order valence-electron chi connectivity index (χ1n) is 8.75. The summed E-state index contributed by atoms with van der Waals surface area (Å²) in [4.78, 5) is 22.9. The van der Waals surface area contributed by atoms with Crippen LogP contribution in [0.4, 0.5) is 4.79 Å². The van der Waals surface area contributed by atoms with Crippen molar-refractivity contribution in [1.29, 1.82) is 0 Å². The lowest BCUT2D eigenvalue weighted by molar-refractivity contribution is 0.159. The van der Waals surface area contributed by atoms with Crippen LogP contribution in [0.5, 0.6) is 0 Å². The van der Waals surface area contributed by atoms with E-state index in [9.17, 15) is 4.79 Å². The Kier molecular flexibility index (Phi) is 5.46. The number of amides is 2. The van der Waals surface area contributed by atoms with Gasteiger partial charge >= 0.3 is 6.03 Å². The molecular formula is C18H25N5O. The van der Waals surface area contributed by atoms with Crippen LogP contribution in [-0.4, -0.2) is 38.1 Å². The van der Waals surface area contributed by atoms with Crippen LogP contribution in [0.25, 0.3) is 5.82 Å². The molecule has 3 rings (SSSR count). The van der Waals surface area contributed by atoms with Crippen LogP contribution in [0.1, 0.15) is 44.6 Å². The molecule has 24 heavy (non-hydrogen) atoms. The first-order valence-corrected chi connectivity index (χ1v) is 8.75. The van der Waals surface area contributed by atoms with Gasteiger partial charge in [0.2, 0.25) is 0 Å². The minimum atomic E-state index is 0.0328. The van der Waals surface area contributed by atoms with Crippen molar-refractivity contribution in [3.05, 3.63) is 42.6 Å². The molecule has 1 aliphatic rings. The maximum Gasteiger partial charge on any atom is 0.317 e. The van der Waals surface area contributed by atoms with E-state index in [1.54, 1.807) is 18.7 Å². The van der Waals surface area contributed by atoms with Gasteiger partial charge in [-0.05, 0) is 37.5 Å². The van der Waals surface area contributed by atoms with Gasteiger partial charge in [0.15, 0.2) is 0 Å². The molecule has 0 aliphatic heterocycles. The van der Waals surface area contributed by atoms with E-state index in [-0.39, 0.29) is 6.03 Å². The van der Waals surface area contributed by atoms with Crippen molar-refractivity contribution in [3.8, 4) is 5.82 Å². The highest BCUT2D eigenvalue weighted by atomic mass is 16.2. The molecule has 0 saturated heterocycles. The Morgan fingerprint density at radius 2 is 2.17 bits per heavy atom. The summed E-state index contributed by atoms with van der Waals surface area (Å²) in [5.74, 6) is 0.805. The van der Waals surface area contributed by atoms with E-state index in [1.807, 2.05) is 27.8 Å². The zero-order chi connectivity index (χ0) is 16.8. The van der Waals surface area contributed by atoms with Gasteiger partial charge in [0.05, 0.1) is 0 Å². The predicted octanol–water partition coefficient (Wildman–Crippen LogP) is 3.13. The summed E-state index contributed by atoms with van der Waals surface area (Å²) >= 11 is 0. The van der Waals surface area contributed by atoms with Gasteiger partial charge in [0.25, 0.3) is 0 Å². The quantitative estimate of drug-likeness (QED) is 0.917. The summed E-state index contributed by atoms with van der Waals surface area (Å²) in [6.07, 6.45) is 13.1. The average Bonchev–Trinajstić information content (AvgIpc) is 3.16. The minimum Gasteiger partial charge on any atom is -0.334 e. The van der Waals surface area contributed by atoms with Gasteiger partial charge in [0, 0.05) is 37.7 Å². The van der Waals surface area contributed by atoms with Crippen LogP contribution in [0.15, 0.2) is 37.1 Å². The van der Waals surface area contributed by atoms with E-state index >= 15 is 0 Å². The highest BCUT2D eigenvalue weighted by Gasteiger charge is 2.23. The normalized spacial score (nSPS) is 15.2. The number of pyridine rings is 1. The van der Waals surface area contributed by atoms with Crippen molar-refractivity contribution in [2.45, 2.75) is 51.6 Å². The van der Waals surface area contributed by atoms with Crippen LogP contribution < -0.4 is 5.32 Å². The number of hydrogen-bond acceptors (Lipinski definition) is 3. The standard InChI is InChI=1S/C18H25N5O/c1-2-23(16-6-4-3-5-7-16)18(24)21-13-15-8-9-20-17(12-15)22-11-10-19-14-22/h8-12,14,16H,2-7,13H2,1H3,(H,21,24). The summed E-state index contributed by atoms with van der Waals surface area (Å²) < 4.78 is 1.85. The molecule has 0 atom stereocenters. The Bertz CT molecular complexity index is 649. The van der Waals surface area contributed by atoms with Gasteiger partial charge in [-0.25, -0.2) is 14.8 Å². The molecule has 0 radical (unpaired) electrons. The number of nitrogens with one attached hydrogen (secondary N) is 1. The number of hydrogen-bond donors (Lipinski definition) is 1. The lowest BCUT2D eigenvalue weighted by atomic mass is 9.94. The van der Waals surface area contributed by atoms with Gasteiger partial charge in [-0.2, -0.15) is 0 Å². The molecule has 128 valence electrons. The number of carbonyl (C=O) groups is 1. The predicted molar refractivity (Wildman–Crippen MR) is 92.8 cm³/mol. The number of nitrogens with zero attached hydrogens (tertiary/aromatic N) is 4. The molecule has 1 saturated carbocycles. The van der Waals surface area contributed by atoms with Crippen LogP contribution in [-0.2, 0) is 6.54 Å². The van der Waals surface area contributed by atoms with E-state index in [1.165, 1.54) is 19.3 Å². The Hall–Kier alpha value is -2.37. The lowest BCUT2D eigenvalue weighted by Gasteiger charge is -2.33. The number of urea groups is 1. The van der Waals surface area contributed by atoms with Crippen molar-refractivity contribution in [3.63, 3.8) is 0 Å². The summed E-state index contributed by atoms with van der Waals surface area (Å²) in [6, 6.07) is 4.32. The molecule has 0 bridgehead atoms. The van der Waals surface area contributed by atoms with Gasteiger partial charge in [0.1, 0.15) is 12.1 Å². The topological polar surface area (TPSA) is 63.1 Å². The molecule has 6 heteroatoms. The second-order valence-corrected chi connectivity index (χ2v) is 6.23. The van der Waals surface area contributed by atoms with E-state index < -0.39 is 0 Å². The van der Waals surface area contributed by atoms with Crippen LogP contribution in [0.3, 0.4) is 0 Å². The van der Waals surface area contributed by atoms with Gasteiger partial charge in [-0.1, -0.05) is 19.3 Å². The number of aromatic nitrogens is 3. The molecular weight excluding hydrogens is 302 g/mol. The van der Waals surface area contributed by atoms with Crippen molar-refractivity contribution in [1.82, 2.24) is 24.8 Å². The van der Waals surface area contributed by atoms with Gasteiger partial charge in [-0.3, -0.25) is 4.57 Å². The summed E-state index contributed by atoms with van der Waals surface area (Å²) in [5, 5.41) is 3.05. The maximum absolute atomic E-state index is 12.5. The zero-order valence-corrected chi connectivity index (χ0v) is 14.2. The van der Waals surface area contributed by atoms with Crippen molar-refractivity contribution in [2.24, 2.45) is 0 Å². The van der Waals surface area contributed by atoms with E-state index in [0.29, 0.717) is 12.6 Å². The average molecular weight is 327 g/mol. The monoisotopic (exact) mass is 327 g/mol. The number of rotatable bonds is 5. The number of carbonyl (C=O) groups excluding carboxylic acids is 1. The second-order valence-electron chi connectivity index (χ2n) is 6.23. The van der Waals surface area contributed by atoms with E-state index in [4.69, 9.17) is 0 Å². The third kappa shape index (κ3) is 3.93. The molecule has 0 spiro atoms. The molecule has 2 amide bonds. The van der Waals surface area contributed by atoms with Crippen LogP contribution in [0.2, 0.25) is 0 Å². The maximum atomic E-state index is 12.5. The fraction of sp³-hybridized carbons (Fsp3) is 0.500. The second kappa shape index (κ2) is 7.95. The molecule has 1 aliphatic carbocycles. The Morgan fingerprint density at radius 3 is 2.88 bits per heavy atom. The molecule has 1 N–H and O–H groups in total. The van der Waals surface area contributed by atoms with E-state index in [2.05, 4.69) is 22.2 Å². The Morgan fingerprint density at radius 1 is 1.33 bits per heavy atom. The Balaban J connectivity index is 1.60. The van der Waals surface area contributed by atoms with Crippen LogP contribution in [0, 0.1) is 0 Å². The summed E-state index contributed by atoms with van der Waals surface area (Å²) in [5.41, 5.74) is 1.03. The first kappa shape index (κ1) is 16.5. The van der Waals surface area contributed by atoms with Crippen molar-refractivity contribution in [2.75, 3.05) is 6.54 Å². The minimum absolute atomic E-state index is 0.0328. The fourth-order valence-electron chi connectivity index (χ4n) is 3.35. The largest absolute Gasteiger partial charge is 0.334 e. The first-order chi connectivity index (χ1) is 11.8. The SMILES string of the molecule is CCN(C(=O)NCc1ccnc(-n2ccnc2)c1)C1CCCCC1. The van der Waals surface area contributed by atoms with Gasteiger partial charge in [-0.15, -0.1) is 0 Å². The fourth-order valence-corrected chi connectivity index (χ4v) is 3.35. The van der Waals surface area contributed by atoms with E-state index in [0.717, 1.165) is 30.8 Å². The van der Waals surface area contributed by atoms with Crippen LogP contribution >= 0.6 is 0 Å². The molecule has 6 nitrogen and oxygen atoms in total. The third-order valence-corrected chi connectivity index (χ3v) is 4.64. The smallest absolute Gasteiger partial charge is 0.317 e. The molecule has 2 aromatic heterocycles. The van der Waals surface area contributed by atoms with Crippen molar-refractivity contribution < 1.29 is 4.79 Å². The highest BCUT2D eigenvalue weighted by Crippen LogP contribution is 2.22. The number of imidazole rings is 1. The molecule has 2 heterocycles. The zero-order valence-electron chi connectivity index (χ0n) is 14.2. The lowest BCUT2D eigenvalue weighted by Crippen LogP contribution is -2.46. The molecule has 2 aromatic rings. The van der Waals surface area contributed by atoms with Crippen molar-refractivity contribution >= 4 is 6.03 Å². The molecule has 0 aromatic carbocycles. The summed E-state index contributed by atoms with van der Waals surface area (Å²) in [7, 11) is 0. The summed E-state index contributed by atoms with van der Waals surface area (Å²) in [6.45, 7) is 3.32. The highest BCUT2D eigenvalue weighted by molar-refractivity contribution is 5.74. The molecule has 0 unspecified atom stereocenters.